The monoisotopic (exact) mass is 215 g/mol. The van der Waals surface area contributed by atoms with Gasteiger partial charge >= 0.3 is 0 Å². The second-order valence-electron chi connectivity index (χ2n) is 3.47. The molecule has 2 N–H and O–H groups in total. The fourth-order valence-corrected chi connectivity index (χ4v) is 1.34. The molecular formula is C11H15F2NO. The smallest absolute Gasteiger partial charge is 0.200 e. The summed E-state index contributed by atoms with van der Waals surface area (Å²) >= 11 is 0. The summed E-state index contributed by atoms with van der Waals surface area (Å²) in [7, 11) is 0. The average Bonchev–Trinajstić information content (AvgIpc) is 2.17. The maximum atomic E-state index is 13.4. The predicted octanol–water partition coefficient (Wildman–Crippen LogP) is 2.25. The van der Waals surface area contributed by atoms with E-state index in [1.807, 2.05) is 0 Å². The minimum atomic E-state index is -0.935. The highest BCUT2D eigenvalue weighted by Gasteiger charge is 2.14. The average molecular weight is 215 g/mol. The van der Waals surface area contributed by atoms with Crippen molar-refractivity contribution in [2.45, 2.75) is 26.3 Å². The molecule has 0 aromatic heterocycles. The van der Waals surface area contributed by atoms with E-state index in [1.54, 1.807) is 13.8 Å². The molecule has 2 nitrogen and oxygen atoms in total. The zero-order valence-electron chi connectivity index (χ0n) is 8.89. The Labute approximate surface area is 88.0 Å². The van der Waals surface area contributed by atoms with Gasteiger partial charge in [-0.25, -0.2) is 4.39 Å². The maximum absolute atomic E-state index is 13.4. The van der Waals surface area contributed by atoms with Crippen LogP contribution in [-0.2, 0) is 6.42 Å². The van der Waals surface area contributed by atoms with Crippen LogP contribution in [0.2, 0.25) is 0 Å². The molecule has 84 valence electrons. The van der Waals surface area contributed by atoms with Gasteiger partial charge in [-0.05, 0) is 31.9 Å². The Kier molecular flexibility index (Phi) is 4.03. The number of rotatable bonds is 4. The minimum Gasteiger partial charge on any atom is -0.491 e. The lowest BCUT2D eigenvalue weighted by atomic mass is 10.1. The molecule has 0 saturated heterocycles. The van der Waals surface area contributed by atoms with E-state index >= 15 is 0 Å². The summed E-state index contributed by atoms with van der Waals surface area (Å²) in [6.45, 7) is 3.77. The Morgan fingerprint density at radius 1 is 1.33 bits per heavy atom. The van der Waals surface area contributed by atoms with Crippen LogP contribution in [0.15, 0.2) is 12.1 Å². The van der Waals surface area contributed by atoms with Crippen molar-refractivity contribution in [1.29, 1.82) is 0 Å². The molecule has 1 aromatic carbocycles. The van der Waals surface area contributed by atoms with Crippen LogP contribution in [0, 0.1) is 11.6 Å². The lowest BCUT2D eigenvalue weighted by Gasteiger charge is -2.10. The summed E-state index contributed by atoms with van der Waals surface area (Å²) in [5.41, 5.74) is 5.80. The topological polar surface area (TPSA) is 35.2 Å². The highest BCUT2D eigenvalue weighted by atomic mass is 19.2. The first kappa shape index (κ1) is 11.9. The van der Waals surface area contributed by atoms with E-state index in [9.17, 15) is 8.78 Å². The summed E-state index contributed by atoms with van der Waals surface area (Å²) < 4.78 is 31.7. The molecule has 1 atom stereocenters. The van der Waals surface area contributed by atoms with E-state index in [1.165, 1.54) is 12.1 Å². The van der Waals surface area contributed by atoms with Crippen molar-refractivity contribution in [3.05, 3.63) is 29.3 Å². The molecule has 1 aromatic rings. The van der Waals surface area contributed by atoms with Crippen molar-refractivity contribution in [3.63, 3.8) is 0 Å². The lowest BCUT2D eigenvalue weighted by molar-refractivity contribution is 0.313. The lowest BCUT2D eigenvalue weighted by Crippen LogP contribution is -2.19. The summed E-state index contributed by atoms with van der Waals surface area (Å²) in [5.74, 6) is -1.85. The van der Waals surface area contributed by atoms with Gasteiger partial charge in [0.2, 0.25) is 5.82 Å². The van der Waals surface area contributed by atoms with Gasteiger partial charge in [0, 0.05) is 6.04 Å². The number of hydrogen-bond acceptors (Lipinski definition) is 2. The molecule has 0 fully saturated rings. The number of halogens is 2. The zero-order valence-corrected chi connectivity index (χ0v) is 8.89. The third-order valence-corrected chi connectivity index (χ3v) is 1.97. The molecule has 0 radical (unpaired) electrons. The Hall–Kier alpha value is -1.16. The third-order valence-electron chi connectivity index (χ3n) is 1.97. The van der Waals surface area contributed by atoms with Gasteiger partial charge in [-0.2, -0.15) is 4.39 Å². The molecule has 1 rings (SSSR count). The Morgan fingerprint density at radius 3 is 2.53 bits per heavy atom. The predicted molar refractivity (Wildman–Crippen MR) is 54.9 cm³/mol. The van der Waals surface area contributed by atoms with Crippen LogP contribution in [0.25, 0.3) is 0 Å². The quantitative estimate of drug-likeness (QED) is 0.836. The van der Waals surface area contributed by atoms with Gasteiger partial charge in [0.25, 0.3) is 0 Å². The molecule has 0 saturated carbocycles. The van der Waals surface area contributed by atoms with Gasteiger partial charge < -0.3 is 10.5 Å². The molecule has 0 bridgehead atoms. The number of nitrogens with two attached hydrogens (primary N) is 1. The zero-order chi connectivity index (χ0) is 11.4. The standard InChI is InChI=1S/C11H15F2NO/c1-3-15-9-5-4-8(6-7(2)14)10(12)11(9)13/h4-5,7H,3,6,14H2,1-2H3. The first-order valence-corrected chi connectivity index (χ1v) is 4.91. The normalized spacial score (nSPS) is 12.6. The van der Waals surface area contributed by atoms with Gasteiger partial charge in [0.1, 0.15) is 0 Å². The SMILES string of the molecule is CCOc1ccc(CC(C)N)c(F)c1F. The molecule has 0 spiro atoms. The molecule has 0 amide bonds. The number of ether oxygens (including phenoxy) is 1. The maximum Gasteiger partial charge on any atom is 0.200 e. The van der Waals surface area contributed by atoms with Gasteiger partial charge in [-0.15, -0.1) is 0 Å². The molecular weight excluding hydrogens is 200 g/mol. The van der Waals surface area contributed by atoms with Crippen LogP contribution >= 0.6 is 0 Å². The van der Waals surface area contributed by atoms with E-state index in [2.05, 4.69) is 0 Å². The Balaban J connectivity index is 2.98. The fraction of sp³-hybridized carbons (Fsp3) is 0.455. The first-order chi connectivity index (χ1) is 7.06. The van der Waals surface area contributed by atoms with Crippen molar-refractivity contribution < 1.29 is 13.5 Å². The summed E-state index contributed by atoms with van der Waals surface area (Å²) in [4.78, 5) is 0. The second-order valence-corrected chi connectivity index (χ2v) is 3.47. The minimum absolute atomic E-state index is 0.0524. The summed E-state index contributed by atoms with van der Waals surface area (Å²) in [6.07, 6.45) is 0.315. The molecule has 0 aliphatic rings. The van der Waals surface area contributed by atoms with Crippen molar-refractivity contribution >= 4 is 0 Å². The van der Waals surface area contributed by atoms with Crippen molar-refractivity contribution in [1.82, 2.24) is 0 Å². The second kappa shape index (κ2) is 5.07. The number of benzene rings is 1. The summed E-state index contributed by atoms with van der Waals surface area (Å²) in [5, 5.41) is 0. The number of hydrogen-bond donors (Lipinski definition) is 1. The van der Waals surface area contributed by atoms with E-state index in [0.717, 1.165) is 0 Å². The van der Waals surface area contributed by atoms with Gasteiger partial charge in [-0.1, -0.05) is 6.07 Å². The largest absolute Gasteiger partial charge is 0.491 e. The van der Waals surface area contributed by atoms with E-state index in [4.69, 9.17) is 10.5 Å². The van der Waals surface area contributed by atoms with E-state index in [-0.39, 0.29) is 17.4 Å². The van der Waals surface area contributed by atoms with Crippen LogP contribution in [0.1, 0.15) is 19.4 Å². The molecule has 0 heterocycles. The van der Waals surface area contributed by atoms with E-state index < -0.39 is 11.6 Å². The van der Waals surface area contributed by atoms with Gasteiger partial charge in [0.15, 0.2) is 11.6 Å². The van der Waals surface area contributed by atoms with Crippen LogP contribution in [-0.4, -0.2) is 12.6 Å². The highest BCUT2D eigenvalue weighted by molar-refractivity contribution is 5.31. The van der Waals surface area contributed by atoms with Crippen LogP contribution in [0.3, 0.4) is 0 Å². The molecule has 0 aliphatic heterocycles. The molecule has 15 heavy (non-hydrogen) atoms. The van der Waals surface area contributed by atoms with Gasteiger partial charge in [0.05, 0.1) is 6.61 Å². The van der Waals surface area contributed by atoms with Crippen LogP contribution in [0.5, 0.6) is 5.75 Å². The highest BCUT2D eigenvalue weighted by Crippen LogP contribution is 2.23. The van der Waals surface area contributed by atoms with E-state index in [0.29, 0.717) is 13.0 Å². The van der Waals surface area contributed by atoms with Crippen LogP contribution in [0.4, 0.5) is 8.78 Å². The Morgan fingerprint density at radius 2 is 2.00 bits per heavy atom. The van der Waals surface area contributed by atoms with Crippen molar-refractivity contribution in [3.8, 4) is 5.75 Å². The molecule has 0 aliphatic carbocycles. The van der Waals surface area contributed by atoms with Gasteiger partial charge in [-0.3, -0.25) is 0 Å². The molecule has 1 unspecified atom stereocenters. The van der Waals surface area contributed by atoms with Crippen LogP contribution < -0.4 is 10.5 Å². The third kappa shape index (κ3) is 2.89. The first-order valence-electron chi connectivity index (χ1n) is 4.91. The molecule has 4 heteroatoms. The van der Waals surface area contributed by atoms with Crippen molar-refractivity contribution in [2.24, 2.45) is 5.73 Å². The summed E-state index contributed by atoms with van der Waals surface area (Å²) in [6, 6.07) is 2.74. The fourth-order valence-electron chi connectivity index (χ4n) is 1.34. The Bertz CT molecular complexity index is 340. The van der Waals surface area contributed by atoms with Crippen molar-refractivity contribution in [2.75, 3.05) is 6.61 Å².